The van der Waals surface area contributed by atoms with Crippen molar-refractivity contribution in [3.05, 3.63) is 20.3 Å². The summed E-state index contributed by atoms with van der Waals surface area (Å²) in [4.78, 5) is 0.793. The Morgan fingerprint density at radius 1 is 1.78 bits per heavy atom. The van der Waals surface area contributed by atoms with Crippen LogP contribution in [0.5, 0.6) is 0 Å². The van der Waals surface area contributed by atoms with Gasteiger partial charge in [0.1, 0.15) is 10.9 Å². The summed E-state index contributed by atoms with van der Waals surface area (Å²) in [5.41, 5.74) is 1.05. The molecule has 0 saturated carbocycles. The first-order valence-electron chi connectivity index (χ1n) is 2.40. The third-order valence-electron chi connectivity index (χ3n) is 0.989. The van der Waals surface area contributed by atoms with Crippen molar-refractivity contribution in [3.8, 4) is 6.07 Å². The number of nitrogens with zero attached hydrogens (tertiary/aromatic N) is 1. The molecule has 0 spiro atoms. The summed E-state index contributed by atoms with van der Waals surface area (Å²) >= 11 is 4.76. The van der Waals surface area contributed by atoms with E-state index in [4.69, 9.17) is 5.26 Å². The zero-order chi connectivity index (χ0) is 6.85. The molecule has 1 aromatic heterocycles. The summed E-state index contributed by atoms with van der Waals surface area (Å²) < 4.78 is 1.02. The maximum absolute atomic E-state index is 8.47. The van der Waals surface area contributed by atoms with E-state index in [1.165, 1.54) is 11.3 Å². The van der Waals surface area contributed by atoms with Crippen LogP contribution in [0.2, 0.25) is 0 Å². The molecule has 0 radical (unpaired) electrons. The van der Waals surface area contributed by atoms with E-state index < -0.39 is 0 Å². The second kappa shape index (κ2) is 2.51. The zero-order valence-electron chi connectivity index (χ0n) is 4.81. The minimum atomic E-state index is 0.793. The molecule has 0 aliphatic rings. The molecular formula is C6H4BrNS. The lowest BCUT2D eigenvalue weighted by molar-refractivity contribution is 1.46. The molecule has 0 bridgehead atoms. The highest BCUT2D eigenvalue weighted by atomic mass is 79.9. The predicted molar refractivity (Wildman–Crippen MR) is 41.5 cm³/mol. The predicted octanol–water partition coefficient (Wildman–Crippen LogP) is 2.69. The van der Waals surface area contributed by atoms with Gasteiger partial charge in [-0.05, 0) is 34.5 Å². The summed E-state index contributed by atoms with van der Waals surface area (Å²) in [6.07, 6.45) is 0. The molecule has 46 valence electrons. The highest BCUT2D eigenvalue weighted by Gasteiger charge is 2.00. The fourth-order valence-electron chi connectivity index (χ4n) is 0.554. The lowest BCUT2D eigenvalue weighted by Crippen LogP contribution is -1.65. The smallest absolute Gasteiger partial charge is 0.110 e. The molecule has 1 rings (SSSR count). The number of hydrogen-bond donors (Lipinski definition) is 0. The highest BCUT2D eigenvalue weighted by molar-refractivity contribution is 9.11. The Kier molecular flexibility index (Phi) is 1.89. The Bertz CT molecular complexity index is 259. The van der Waals surface area contributed by atoms with Crippen LogP contribution < -0.4 is 0 Å². The average molecular weight is 202 g/mol. The van der Waals surface area contributed by atoms with Crippen molar-refractivity contribution in [2.45, 2.75) is 6.92 Å². The van der Waals surface area contributed by atoms with Crippen molar-refractivity contribution in [2.24, 2.45) is 0 Å². The molecule has 0 aromatic carbocycles. The molecule has 9 heavy (non-hydrogen) atoms. The van der Waals surface area contributed by atoms with E-state index in [1.54, 1.807) is 0 Å². The number of halogens is 1. The van der Waals surface area contributed by atoms with Crippen LogP contribution in [0.1, 0.15) is 10.4 Å². The monoisotopic (exact) mass is 201 g/mol. The third-order valence-corrected chi connectivity index (χ3v) is 2.63. The summed E-state index contributed by atoms with van der Waals surface area (Å²) in [5.74, 6) is 0. The maximum atomic E-state index is 8.47. The van der Waals surface area contributed by atoms with Gasteiger partial charge >= 0.3 is 0 Å². The van der Waals surface area contributed by atoms with Gasteiger partial charge in [0.2, 0.25) is 0 Å². The Labute approximate surface area is 66.1 Å². The SMILES string of the molecule is Cc1cc(Br)sc1C#N. The van der Waals surface area contributed by atoms with Gasteiger partial charge in [0.05, 0.1) is 3.79 Å². The molecule has 0 saturated heterocycles. The molecule has 0 fully saturated rings. The molecule has 0 unspecified atom stereocenters. The molecule has 0 aliphatic carbocycles. The van der Waals surface area contributed by atoms with Crippen LogP contribution in [0.4, 0.5) is 0 Å². The van der Waals surface area contributed by atoms with Gasteiger partial charge < -0.3 is 0 Å². The van der Waals surface area contributed by atoms with Gasteiger partial charge in [0.15, 0.2) is 0 Å². The summed E-state index contributed by atoms with van der Waals surface area (Å²) in [6.45, 7) is 1.93. The van der Waals surface area contributed by atoms with Crippen molar-refractivity contribution in [1.82, 2.24) is 0 Å². The summed E-state index contributed by atoms with van der Waals surface area (Å²) in [7, 11) is 0. The minimum absolute atomic E-state index is 0.793. The van der Waals surface area contributed by atoms with Gasteiger partial charge in [-0.3, -0.25) is 0 Å². The van der Waals surface area contributed by atoms with E-state index in [9.17, 15) is 0 Å². The lowest BCUT2D eigenvalue weighted by Gasteiger charge is -1.76. The lowest BCUT2D eigenvalue weighted by atomic mass is 10.3. The van der Waals surface area contributed by atoms with Crippen LogP contribution in [-0.2, 0) is 0 Å². The Morgan fingerprint density at radius 3 is 2.67 bits per heavy atom. The number of nitriles is 1. The van der Waals surface area contributed by atoms with E-state index in [0.717, 1.165) is 14.2 Å². The zero-order valence-corrected chi connectivity index (χ0v) is 7.21. The number of aryl methyl sites for hydroxylation is 1. The summed E-state index contributed by atoms with van der Waals surface area (Å²) in [5, 5.41) is 8.47. The topological polar surface area (TPSA) is 23.8 Å². The van der Waals surface area contributed by atoms with Crippen LogP contribution >= 0.6 is 27.3 Å². The van der Waals surface area contributed by atoms with Crippen LogP contribution in [0.15, 0.2) is 9.85 Å². The van der Waals surface area contributed by atoms with Crippen molar-refractivity contribution < 1.29 is 0 Å². The van der Waals surface area contributed by atoms with E-state index >= 15 is 0 Å². The van der Waals surface area contributed by atoms with Gasteiger partial charge in [-0.2, -0.15) is 5.26 Å². The van der Waals surface area contributed by atoms with E-state index in [2.05, 4.69) is 22.0 Å². The number of thiophene rings is 1. The van der Waals surface area contributed by atoms with Crippen LogP contribution in [0, 0.1) is 18.3 Å². The second-order valence-electron chi connectivity index (χ2n) is 1.67. The molecule has 1 aromatic rings. The minimum Gasteiger partial charge on any atom is -0.192 e. The molecular weight excluding hydrogens is 198 g/mol. The molecule has 0 amide bonds. The Hall–Kier alpha value is -0.330. The first kappa shape index (κ1) is 6.79. The van der Waals surface area contributed by atoms with Gasteiger partial charge in [0, 0.05) is 0 Å². The van der Waals surface area contributed by atoms with E-state index in [1.807, 2.05) is 13.0 Å². The normalized spacial score (nSPS) is 9.00. The molecule has 0 atom stereocenters. The van der Waals surface area contributed by atoms with Crippen molar-refractivity contribution in [2.75, 3.05) is 0 Å². The van der Waals surface area contributed by atoms with Crippen LogP contribution in [0.25, 0.3) is 0 Å². The molecule has 0 N–H and O–H groups in total. The average Bonchev–Trinajstić information content (AvgIpc) is 2.10. The van der Waals surface area contributed by atoms with Crippen LogP contribution in [0.3, 0.4) is 0 Å². The van der Waals surface area contributed by atoms with Crippen LogP contribution in [-0.4, -0.2) is 0 Å². The van der Waals surface area contributed by atoms with Crippen molar-refractivity contribution in [3.63, 3.8) is 0 Å². The van der Waals surface area contributed by atoms with E-state index in [0.29, 0.717) is 0 Å². The molecule has 1 nitrogen and oxygen atoms in total. The van der Waals surface area contributed by atoms with Crippen molar-refractivity contribution in [1.29, 1.82) is 5.26 Å². The standard InChI is InChI=1S/C6H4BrNS/c1-4-2-6(7)9-5(4)3-8/h2H,1H3. The third kappa shape index (κ3) is 1.32. The maximum Gasteiger partial charge on any atom is 0.110 e. The molecule has 0 aliphatic heterocycles. The quantitative estimate of drug-likeness (QED) is 0.634. The largest absolute Gasteiger partial charge is 0.192 e. The molecule has 1 heterocycles. The Morgan fingerprint density at radius 2 is 2.44 bits per heavy atom. The van der Waals surface area contributed by atoms with Gasteiger partial charge in [-0.1, -0.05) is 0 Å². The first-order valence-corrected chi connectivity index (χ1v) is 4.01. The van der Waals surface area contributed by atoms with Gasteiger partial charge in [-0.25, -0.2) is 0 Å². The number of rotatable bonds is 0. The van der Waals surface area contributed by atoms with Gasteiger partial charge in [-0.15, -0.1) is 11.3 Å². The number of hydrogen-bond acceptors (Lipinski definition) is 2. The highest BCUT2D eigenvalue weighted by Crippen LogP contribution is 2.25. The van der Waals surface area contributed by atoms with Crippen molar-refractivity contribution >= 4 is 27.3 Å². The molecule has 3 heteroatoms. The fraction of sp³-hybridized carbons (Fsp3) is 0.167. The van der Waals surface area contributed by atoms with Gasteiger partial charge in [0.25, 0.3) is 0 Å². The second-order valence-corrected chi connectivity index (χ2v) is 4.11. The fourth-order valence-corrected chi connectivity index (χ4v) is 2.08. The van der Waals surface area contributed by atoms with E-state index in [-0.39, 0.29) is 0 Å². The first-order chi connectivity index (χ1) is 4.24. The Balaban J connectivity index is 3.20. The summed E-state index contributed by atoms with van der Waals surface area (Å²) in [6, 6.07) is 4.05.